The van der Waals surface area contributed by atoms with Crippen molar-refractivity contribution in [2.45, 2.75) is 51.0 Å². The quantitative estimate of drug-likeness (QED) is 0.105. The van der Waals surface area contributed by atoms with Gasteiger partial charge in [0, 0.05) is 35.1 Å². The Bertz CT molecular complexity index is 1710. The molecular weight excluding hydrogens is 676 g/mol. The van der Waals surface area contributed by atoms with Crippen LogP contribution in [0.2, 0.25) is 0 Å². The van der Waals surface area contributed by atoms with Crippen LogP contribution in [0.4, 0.5) is 0 Å². The molecule has 3 heterocycles. The number of carbonyl (C=O) groups is 3. The Kier molecular flexibility index (Phi) is 10.7. The van der Waals surface area contributed by atoms with Gasteiger partial charge in [-0.1, -0.05) is 46.6 Å². The van der Waals surface area contributed by atoms with Gasteiger partial charge in [0.05, 0.1) is 30.2 Å². The predicted molar refractivity (Wildman–Crippen MR) is 184 cm³/mol. The molecule has 3 aromatic rings. The molecule has 3 aliphatic rings. The molecule has 6 rings (SSSR count). The number of allylic oxidation sites excluding steroid dienone is 1. The Morgan fingerprint density at radius 1 is 1.00 bits per heavy atom. The van der Waals surface area contributed by atoms with E-state index >= 15 is 0 Å². The minimum absolute atomic E-state index is 0.0767. The fraction of sp³-hybridized carbons (Fsp3) is 0.368. The first kappa shape index (κ1) is 33.6. The largest absolute Gasteiger partial charge is 0.507 e. The number of phenolic OH excluding ortho intramolecular Hbond substituents is 1. The van der Waals surface area contributed by atoms with Gasteiger partial charge in [-0.3, -0.25) is 24.3 Å². The molecule has 0 spiro atoms. The average molecular weight is 716 g/mol. The minimum Gasteiger partial charge on any atom is -0.507 e. The molecule has 2 amide bonds. The van der Waals surface area contributed by atoms with Crippen molar-refractivity contribution in [3.63, 3.8) is 0 Å². The number of phenols is 1. The summed E-state index contributed by atoms with van der Waals surface area (Å²) in [6.45, 7) is 0.939. The Labute approximate surface area is 288 Å². The molecule has 2 aromatic carbocycles. The lowest BCUT2D eigenvalue weighted by Gasteiger charge is -2.32. The molecule has 0 radical (unpaired) electrons. The Morgan fingerprint density at radius 2 is 1.81 bits per heavy atom. The van der Waals surface area contributed by atoms with Gasteiger partial charge in [0.25, 0.3) is 0 Å². The summed E-state index contributed by atoms with van der Waals surface area (Å²) in [5.41, 5.74) is 4.47. The number of aromatic hydroxyl groups is 1. The molecule has 2 fully saturated rings. The molecule has 0 unspecified atom stereocenters. The zero-order valence-electron chi connectivity index (χ0n) is 26.6. The van der Waals surface area contributed by atoms with Gasteiger partial charge in [0.2, 0.25) is 11.8 Å². The third-order valence-electron chi connectivity index (χ3n) is 9.52. The summed E-state index contributed by atoms with van der Waals surface area (Å²) in [6, 6.07) is 20.6. The standard InChI is InChI=1S/C38H39BrN2O7/c39-27-14-15-32(42)25(20-27)19-24(31-11-6-7-17-40-31)13-16-33-35-26(22-47-28-9-3-1-4-10-28)21-29-36(30(35)23-48-33)38(46)41(37(29)45)18-8-2-5-12-34(43)44/h1,3-4,6-7,9-11,14-15,17,19-20,29-30,33,36,42H,2,5,8,12-13,16,18,21-23H2,(H,43,44)/b24-19-/t29-,30+,33-,36-/m1/s1. The Balaban J connectivity index is 1.25. The van der Waals surface area contributed by atoms with Crippen molar-refractivity contribution >= 4 is 45.4 Å². The van der Waals surface area contributed by atoms with Crippen LogP contribution in [0, 0.1) is 17.8 Å². The summed E-state index contributed by atoms with van der Waals surface area (Å²) >= 11 is 3.50. The first-order chi connectivity index (χ1) is 23.3. The first-order valence-corrected chi connectivity index (χ1v) is 17.3. The van der Waals surface area contributed by atoms with E-state index in [1.165, 1.54) is 4.90 Å². The van der Waals surface area contributed by atoms with Gasteiger partial charge in [-0.15, -0.1) is 0 Å². The highest BCUT2D eigenvalue weighted by Gasteiger charge is 2.56. The number of ether oxygens (including phenoxy) is 2. The number of hydrogen-bond donors (Lipinski definition) is 2. The van der Waals surface area contributed by atoms with Crippen LogP contribution in [0.3, 0.4) is 0 Å². The number of unbranched alkanes of at least 4 members (excludes halogenated alkanes) is 2. The Hall–Kier alpha value is -4.28. The van der Waals surface area contributed by atoms with Crippen molar-refractivity contribution in [2.24, 2.45) is 17.8 Å². The maximum absolute atomic E-state index is 13.8. The summed E-state index contributed by atoms with van der Waals surface area (Å²) in [5.74, 6) is -1.44. The smallest absolute Gasteiger partial charge is 0.303 e. The molecule has 10 heteroatoms. The monoisotopic (exact) mass is 714 g/mol. The van der Waals surface area contributed by atoms with E-state index in [4.69, 9.17) is 14.6 Å². The number of para-hydroxylation sites is 1. The van der Waals surface area contributed by atoms with Crippen molar-refractivity contribution in [2.75, 3.05) is 19.8 Å². The summed E-state index contributed by atoms with van der Waals surface area (Å²) in [5, 5.41) is 19.5. The van der Waals surface area contributed by atoms with Gasteiger partial charge >= 0.3 is 5.97 Å². The summed E-state index contributed by atoms with van der Waals surface area (Å²) in [7, 11) is 0. The highest BCUT2D eigenvalue weighted by Crippen LogP contribution is 2.50. The molecule has 1 aliphatic carbocycles. The number of aromatic nitrogens is 1. The first-order valence-electron chi connectivity index (χ1n) is 16.5. The predicted octanol–water partition coefficient (Wildman–Crippen LogP) is 6.91. The lowest BCUT2D eigenvalue weighted by atomic mass is 9.69. The molecule has 0 saturated carbocycles. The third kappa shape index (κ3) is 7.55. The number of carboxylic acid groups (broad SMARTS) is 1. The van der Waals surface area contributed by atoms with Gasteiger partial charge < -0.3 is 19.7 Å². The van der Waals surface area contributed by atoms with E-state index in [0.717, 1.165) is 32.6 Å². The molecule has 1 aromatic heterocycles. The average Bonchev–Trinajstić information content (AvgIpc) is 3.62. The number of aliphatic carboxylic acids is 1. The number of nitrogens with zero attached hydrogens (tertiary/aromatic N) is 2. The maximum atomic E-state index is 13.8. The van der Waals surface area contributed by atoms with E-state index in [2.05, 4.69) is 20.9 Å². The maximum Gasteiger partial charge on any atom is 0.303 e. The summed E-state index contributed by atoms with van der Waals surface area (Å²) < 4.78 is 13.5. The number of hydrogen-bond acceptors (Lipinski definition) is 7. The minimum atomic E-state index is -0.845. The van der Waals surface area contributed by atoms with Crippen LogP contribution in [-0.2, 0) is 19.1 Å². The number of carbonyl (C=O) groups excluding carboxylic acids is 2. The van der Waals surface area contributed by atoms with Crippen LogP contribution in [0.25, 0.3) is 11.6 Å². The van der Waals surface area contributed by atoms with Crippen molar-refractivity contribution in [3.8, 4) is 11.5 Å². The molecule has 48 heavy (non-hydrogen) atoms. The molecule has 2 aliphatic heterocycles. The van der Waals surface area contributed by atoms with E-state index < -0.39 is 17.8 Å². The van der Waals surface area contributed by atoms with Crippen molar-refractivity contribution < 1.29 is 34.1 Å². The molecule has 250 valence electrons. The van der Waals surface area contributed by atoms with Crippen molar-refractivity contribution in [3.05, 3.63) is 99.8 Å². The molecule has 0 bridgehead atoms. The molecular formula is C38H39BrN2O7. The van der Waals surface area contributed by atoms with Crippen LogP contribution < -0.4 is 4.74 Å². The number of pyridine rings is 1. The number of likely N-dealkylation sites (tertiary alicyclic amines) is 1. The van der Waals surface area contributed by atoms with Crippen LogP contribution in [0.15, 0.2) is 88.5 Å². The van der Waals surface area contributed by atoms with Crippen molar-refractivity contribution in [1.82, 2.24) is 9.88 Å². The lowest BCUT2D eigenvalue weighted by Crippen LogP contribution is -2.35. The van der Waals surface area contributed by atoms with Gasteiger partial charge in [0.15, 0.2) is 0 Å². The van der Waals surface area contributed by atoms with Crippen LogP contribution in [-0.4, -0.2) is 63.7 Å². The molecule has 2 saturated heterocycles. The van der Waals surface area contributed by atoms with E-state index in [1.807, 2.05) is 60.7 Å². The second-order valence-corrected chi connectivity index (χ2v) is 13.5. The fourth-order valence-electron chi connectivity index (χ4n) is 7.24. The van der Waals surface area contributed by atoms with E-state index in [0.29, 0.717) is 63.8 Å². The second-order valence-electron chi connectivity index (χ2n) is 12.6. The van der Waals surface area contributed by atoms with Crippen LogP contribution in [0.5, 0.6) is 11.5 Å². The third-order valence-corrected chi connectivity index (χ3v) is 10.0. The highest BCUT2D eigenvalue weighted by atomic mass is 79.9. The van der Waals surface area contributed by atoms with Gasteiger partial charge in [-0.25, -0.2) is 0 Å². The number of halogens is 1. The zero-order chi connectivity index (χ0) is 33.6. The van der Waals surface area contributed by atoms with E-state index in [1.54, 1.807) is 18.3 Å². The molecule has 4 atom stereocenters. The van der Waals surface area contributed by atoms with Gasteiger partial charge in [-0.2, -0.15) is 0 Å². The number of benzene rings is 2. The van der Waals surface area contributed by atoms with Gasteiger partial charge in [0.1, 0.15) is 18.1 Å². The number of fused-ring (bicyclic) bond motifs is 3. The second kappa shape index (κ2) is 15.3. The number of amides is 2. The Morgan fingerprint density at radius 3 is 2.58 bits per heavy atom. The number of imide groups is 1. The summed E-state index contributed by atoms with van der Waals surface area (Å²) in [4.78, 5) is 44.4. The van der Waals surface area contributed by atoms with Gasteiger partial charge in [-0.05, 0) is 97.4 Å². The van der Waals surface area contributed by atoms with E-state index in [-0.39, 0.29) is 36.0 Å². The van der Waals surface area contributed by atoms with Crippen LogP contribution in [0.1, 0.15) is 56.2 Å². The summed E-state index contributed by atoms with van der Waals surface area (Å²) in [6.07, 6.45) is 6.87. The van der Waals surface area contributed by atoms with E-state index in [9.17, 15) is 19.5 Å². The van der Waals surface area contributed by atoms with Crippen LogP contribution >= 0.6 is 15.9 Å². The van der Waals surface area contributed by atoms with Crippen molar-refractivity contribution in [1.29, 1.82) is 0 Å². The SMILES string of the molecule is O=C(O)CCCCCN1C(=O)[C@@H]2[C@@H](CC(COc3ccccc3)=C3[C@@H](CC/C(=C/c4cc(Br)ccc4O)c4ccccn4)OC[C@@H]32)C1=O. The number of rotatable bonds is 14. The molecule has 9 nitrogen and oxygen atoms in total. The number of carboxylic acids is 1. The topological polar surface area (TPSA) is 126 Å². The molecule has 2 N–H and O–H groups in total. The highest BCUT2D eigenvalue weighted by molar-refractivity contribution is 9.10. The zero-order valence-corrected chi connectivity index (χ0v) is 28.2. The fourth-order valence-corrected chi connectivity index (χ4v) is 7.62. The lowest BCUT2D eigenvalue weighted by molar-refractivity contribution is -0.141. The normalized spacial score (nSPS) is 22.2.